The average molecular weight is 323 g/mol. The predicted octanol–water partition coefficient (Wildman–Crippen LogP) is 4.19. The van der Waals surface area contributed by atoms with Crippen molar-refractivity contribution in [3.8, 4) is 0 Å². The maximum Gasteiger partial charge on any atom is 0.416 e. The summed E-state index contributed by atoms with van der Waals surface area (Å²) in [6, 6.07) is 8.44. The Bertz CT molecular complexity index is 747. The lowest BCUT2D eigenvalue weighted by Gasteiger charge is -2.10. The van der Waals surface area contributed by atoms with Crippen molar-refractivity contribution in [2.45, 2.75) is 18.5 Å². The molecule has 0 spiro atoms. The van der Waals surface area contributed by atoms with E-state index in [0.29, 0.717) is 12.1 Å². The molecule has 0 radical (unpaired) electrons. The highest BCUT2D eigenvalue weighted by Crippen LogP contribution is 2.41. The first-order chi connectivity index (χ1) is 10.4. The van der Waals surface area contributed by atoms with Crippen LogP contribution < -0.4 is 5.73 Å². The molecule has 1 aliphatic rings. The predicted molar refractivity (Wildman–Crippen MR) is 79.2 cm³/mol. The number of thiophene rings is 1. The molecule has 22 heavy (non-hydrogen) atoms. The second kappa shape index (κ2) is 5.28. The Morgan fingerprint density at radius 2 is 1.95 bits per heavy atom. The summed E-state index contributed by atoms with van der Waals surface area (Å²) in [6.45, 7) is 0. The lowest BCUT2D eigenvalue weighted by Crippen LogP contribution is -2.09. The van der Waals surface area contributed by atoms with Gasteiger partial charge in [0.2, 0.25) is 0 Å². The van der Waals surface area contributed by atoms with Gasteiger partial charge in [0.15, 0.2) is 5.78 Å². The van der Waals surface area contributed by atoms with Crippen LogP contribution in [0.2, 0.25) is 0 Å². The number of benzene rings is 1. The number of alkyl halides is 3. The molecule has 0 amide bonds. The number of rotatable bonds is 2. The molecule has 3 rings (SSSR count). The Balaban J connectivity index is 1.98. The first kappa shape index (κ1) is 14.8. The van der Waals surface area contributed by atoms with Gasteiger partial charge in [0.25, 0.3) is 0 Å². The Kier molecular flexibility index (Phi) is 3.56. The third-order valence-electron chi connectivity index (χ3n) is 3.67. The topological polar surface area (TPSA) is 43.1 Å². The highest BCUT2D eigenvalue weighted by Gasteiger charge is 2.36. The monoisotopic (exact) mass is 323 g/mol. The smallest absolute Gasteiger partial charge is 0.401 e. The average Bonchev–Trinajstić information content (AvgIpc) is 3.06. The number of nitrogens with two attached hydrogens (primary N) is 1. The molecule has 1 aliphatic carbocycles. The van der Waals surface area contributed by atoms with E-state index in [2.05, 4.69) is 0 Å². The van der Waals surface area contributed by atoms with Gasteiger partial charge in [0, 0.05) is 22.6 Å². The molecule has 0 fully saturated rings. The Labute approximate surface area is 129 Å². The van der Waals surface area contributed by atoms with Gasteiger partial charge in [-0.2, -0.15) is 13.2 Å². The van der Waals surface area contributed by atoms with Gasteiger partial charge in [-0.15, -0.1) is 11.3 Å². The van der Waals surface area contributed by atoms with E-state index in [9.17, 15) is 18.0 Å². The third-order valence-corrected chi connectivity index (χ3v) is 4.66. The molecule has 0 saturated carbocycles. The number of hydrogen-bond acceptors (Lipinski definition) is 3. The standard InChI is InChI=1S/C16H12F3NOS/c17-16(18,19)10-4-1-3-9(7-10)14-12(20)8-11(15(14)21)13-5-2-6-22-13/h1-7,11H,8,20H2. The van der Waals surface area contributed by atoms with Crippen LogP contribution in [0.15, 0.2) is 47.5 Å². The molecule has 0 aliphatic heterocycles. The van der Waals surface area contributed by atoms with E-state index in [4.69, 9.17) is 5.73 Å². The summed E-state index contributed by atoms with van der Waals surface area (Å²) in [4.78, 5) is 13.4. The molecule has 114 valence electrons. The zero-order chi connectivity index (χ0) is 15.9. The molecule has 1 heterocycles. The highest BCUT2D eigenvalue weighted by atomic mass is 32.1. The van der Waals surface area contributed by atoms with Gasteiger partial charge < -0.3 is 5.73 Å². The van der Waals surface area contributed by atoms with Gasteiger partial charge >= 0.3 is 6.18 Å². The van der Waals surface area contributed by atoms with E-state index in [1.165, 1.54) is 23.5 Å². The molecular formula is C16H12F3NOS. The van der Waals surface area contributed by atoms with Crippen LogP contribution in [-0.4, -0.2) is 5.78 Å². The lowest BCUT2D eigenvalue weighted by atomic mass is 9.97. The lowest BCUT2D eigenvalue weighted by molar-refractivity contribution is -0.137. The van der Waals surface area contributed by atoms with Crippen molar-refractivity contribution < 1.29 is 18.0 Å². The minimum atomic E-state index is -4.44. The minimum absolute atomic E-state index is 0.209. The quantitative estimate of drug-likeness (QED) is 0.900. The Morgan fingerprint density at radius 1 is 1.18 bits per heavy atom. The molecule has 2 N–H and O–H groups in total. The van der Waals surface area contributed by atoms with E-state index >= 15 is 0 Å². The number of carbonyl (C=O) groups excluding carboxylic acids is 1. The van der Waals surface area contributed by atoms with Crippen molar-refractivity contribution in [1.29, 1.82) is 0 Å². The number of halogens is 3. The Hall–Kier alpha value is -2.08. The summed E-state index contributed by atoms with van der Waals surface area (Å²) in [5.41, 5.74) is 5.95. The molecule has 0 saturated heterocycles. The van der Waals surface area contributed by atoms with Crippen LogP contribution in [0.3, 0.4) is 0 Å². The van der Waals surface area contributed by atoms with Crippen molar-refractivity contribution in [3.63, 3.8) is 0 Å². The molecule has 1 aromatic heterocycles. The second-order valence-electron chi connectivity index (χ2n) is 5.12. The van der Waals surface area contributed by atoms with Crippen LogP contribution in [0, 0.1) is 0 Å². The molecule has 1 atom stereocenters. The van der Waals surface area contributed by atoms with Crippen LogP contribution in [0.1, 0.15) is 28.3 Å². The summed E-state index contributed by atoms with van der Waals surface area (Å²) in [5.74, 6) is -0.594. The summed E-state index contributed by atoms with van der Waals surface area (Å²) in [5, 5.41) is 1.86. The van der Waals surface area contributed by atoms with Crippen LogP contribution in [0.25, 0.3) is 5.57 Å². The summed E-state index contributed by atoms with van der Waals surface area (Å²) >= 11 is 1.45. The van der Waals surface area contributed by atoms with Crippen molar-refractivity contribution in [3.05, 3.63) is 63.5 Å². The van der Waals surface area contributed by atoms with E-state index in [1.807, 2.05) is 17.5 Å². The first-order valence-corrected chi connectivity index (χ1v) is 7.50. The van der Waals surface area contributed by atoms with Crippen molar-refractivity contribution in [2.75, 3.05) is 0 Å². The molecule has 1 aromatic carbocycles. The highest BCUT2D eigenvalue weighted by molar-refractivity contribution is 7.10. The largest absolute Gasteiger partial charge is 0.416 e. The van der Waals surface area contributed by atoms with Crippen LogP contribution in [0.5, 0.6) is 0 Å². The van der Waals surface area contributed by atoms with E-state index in [1.54, 1.807) is 0 Å². The molecular weight excluding hydrogens is 311 g/mol. The first-order valence-electron chi connectivity index (χ1n) is 6.62. The van der Waals surface area contributed by atoms with E-state index < -0.39 is 11.7 Å². The van der Waals surface area contributed by atoms with Crippen molar-refractivity contribution >= 4 is 22.7 Å². The number of Topliss-reactive ketones (excluding diaryl/α,β-unsaturated/α-hetero) is 1. The maximum atomic E-state index is 12.8. The van der Waals surface area contributed by atoms with Gasteiger partial charge in [0.05, 0.1) is 11.5 Å². The summed E-state index contributed by atoms with van der Waals surface area (Å²) in [6.07, 6.45) is -4.09. The fraction of sp³-hybridized carbons (Fsp3) is 0.188. The van der Waals surface area contributed by atoms with Crippen LogP contribution >= 0.6 is 11.3 Å². The summed E-state index contributed by atoms with van der Waals surface area (Å²) < 4.78 is 38.5. The number of carbonyl (C=O) groups is 1. The van der Waals surface area contributed by atoms with Crippen molar-refractivity contribution in [2.24, 2.45) is 5.73 Å². The minimum Gasteiger partial charge on any atom is -0.401 e. The van der Waals surface area contributed by atoms with Gasteiger partial charge in [-0.25, -0.2) is 0 Å². The van der Waals surface area contributed by atoms with Crippen molar-refractivity contribution in [1.82, 2.24) is 0 Å². The number of allylic oxidation sites excluding steroid dienone is 2. The van der Waals surface area contributed by atoms with Gasteiger partial charge in [0.1, 0.15) is 0 Å². The fourth-order valence-electron chi connectivity index (χ4n) is 2.65. The van der Waals surface area contributed by atoms with Gasteiger partial charge in [-0.3, -0.25) is 4.79 Å². The van der Waals surface area contributed by atoms with Crippen LogP contribution in [0.4, 0.5) is 13.2 Å². The molecule has 0 bridgehead atoms. The maximum absolute atomic E-state index is 12.8. The summed E-state index contributed by atoms with van der Waals surface area (Å²) in [7, 11) is 0. The molecule has 6 heteroatoms. The van der Waals surface area contributed by atoms with Crippen LogP contribution in [-0.2, 0) is 11.0 Å². The SMILES string of the molecule is NC1=C(c2cccc(C(F)(F)F)c2)C(=O)C(c2cccs2)C1. The Morgan fingerprint density at radius 3 is 2.59 bits per heavy atom. The fourth-order valence-corrected chi connectivity index (χ4v) is 3.47. The third kappa shape index (κ3) is 2.54. The van der Waals surface area contributed by atoms with E-state index in [-0.39, 0.29) is 22.8 Å². The molecule has 2 aromatic rings. The van der Waals surface area contributed by atoms with Gasteiger partial charge in [-0.05, 0) is 29.1 Å². The van der Waals surface area contributed by atoms with Gasteiger partial charge in [-0.1, -0.05) is 18.2 Å². The molecule has 2 nitrogen and oxygen atoms in total. The number of hydrogen-bond donors (Lipinski definition) is 1. The normalized spacial score (nSPS) is 19.0. The molecule has 1 unspecified atom stereocenters. The zero-order valence-electron chi connectivity index (χ0n) is 11.4. The zero-order valence-corrected chi connectivity index (χ0v) is 12.2. The number of ketones is 1. The van der Waals surface area contributed by atoms with E-state index in [0.717, 1.165) is 17.0 Å². The second-order valence-corrected chi connectivity index (χ2v) is 6.09.